The third-order valence-corrected chi connectivity index (χ3v) is 5.06. The van der Waals surface area contributed by atoms with Gasteiger partial charge in [0.15, 0.2) is 5.65 Å². The molecule has 1 aromatic carbocycles. The maximum atomic E-state index is 12.6. The van der Waals surface area contributed by atoms with E-state index in [1.54, 1.807) is 43.5 Å². The average Bonchev–Trinajstić information content (AvgIpc) is 3.38. The number of imidazole rings is 1. The Morgan fingerprint density at radius 2 is 1.79 bits per heavy atom. The number of carbonyl (C=O) groups is 2. The molecule has 3 aromatic rings. The summed E-state index contributed by atoms with van der Waals surface area (Å²) < 4.78 is 6.96. The lowest BCUT2D eigenvalue weighted by molar-refractivity contribution is 0.102. The molecule has 8 heteroatoms. The standard InChI is InChI=1S/C21H23N5O3/c1-2-29-21(28)25-16-9-7-15(8-10-16)24-20(27)14-11-18-19(22-12-14)26(13-23-18)17-5-3-4-6-17/h7-13,17H,2-6H2,1H3,(H,24,27)(H,25,28). The number of aromatic nitrogens is 3. The molecule has 0 bridgehead atoms. The Balaban J connectivity index is 1.44. The number of rotatable bonds is 5. The Morgan fingerprint density at radius 1 is 1.10 bits per heavy atom. The zero-order valence-electron chi connectivity index (χ0n) is 16.2. The summed E-state index contributed by atoms with van der Waals surface area (Å²) in [6.45, 7) is 2.04. The van der Waals surface area contributed by atoms with Crippen LogP contribution in [-0.4, -0.2) is 33.1 Å². The van der Waals surface area contributed by atoms with E-state index in [1.165, 1.54) is 12.8 Å². The third kappa shape index (κ3) is 4.21. The van der Waals surface area contributed by atoms with Gasteiger partial charge in [0.2, 0.25) is 0 Å². The number of hydrogen-bond acceptors (Lipinski definition) is 5. The van der Waals surface area contributed by atoms with E-state index in [0.29, 0.717) is 29.6 Å². The van der Waals surface area contributed by atoms with Gasteiger partial charge in [-0.2, -0.15) is 0 Å². The van der Waals surface area contributed by atoms with Gasteiger partial charge in [0.1, 0.15) is 5.52 Å². The lowest BCUT2D eigenvalue weighted by Gasteiger charge is -2.11. The number of carbonyl (C=O) groups excluding carboxylic acids is 2. The molecule has 0 spiro atoms. The first-order valence-electron chi connectivity index (χ1n) is 9.82. The minimum atomic E-state index is -0.513. The number of benzene rings is 1. The van der Waals surface area contributed by atoms with E-state index >= 15 is 0 Å². The van der Waals surface area contributed by atoms with E-state index < -0.39 is 6.09 Å². The average molecular weight is 393 g/mol. The number of nitrogens with zero attached hydrogens (tertiary/aromatic N) is 3. The molecular formula is C21H23N5O3. The number of pyridine rings is 1. The first kappa shape index (κ1) is 18.9. The van der Waals surface area contributed by atoms with Crippen LogP contribution in [0.1, 0.15) is 49.0 Å². The second-order valence-corrected chi connectivity index (χ2v) is 7.03. The molecule has 0 saturated heterocycles. The molecule has 29 heavy (non-hydrogen) atoms. The molecule has 2 heterocycles. The summed E-state index contributed by atoms with van der Waals surface area (Å²) in [5.74, 6) is -0.263. The Bertz CT molecular complexity index is 1020. The first-order chi connectivity index (χ1) is 14.1. The highest BCUT2D eigenvalue weighted by molar-refractivity contribution is 6.05. The van der Waals surface area contributed by atoms with E-state index in [-0.39, 0.29) is 5.91 Å². The Hall–Kier alpha value is -3.42. The highest BCUT2D eigenvalue weighted by Gasteiger charge is 2.20. The van der Waals surface area contributed by atoms with Crippen molar-refractivity contribution in [2.75, 3.05) is 17.2 Å². The number of amides is 2. The molecular weight excluding hydrogens is 370 g/mol. The molecule has 8 nitrogen and oxygen atoms in total. The molecule has 2 N–H and O–H groups in total. The molecule has 0 unspecified atom stereocenters. The van der Waals surface area contributed by atoms with E-state index in [1.807, 2.05) is 6.33 Å². The normalized spacial score (nSPS) is 14.1. The van der Waals surface area contributed by atoms with Gasteiger partial charge in [-0.1, -0.05) is 12.8 Å². The SMILES string of the molecule is CCOC(=O)Nc1ccc(NC(=O)c2cnc3c(c2)ncn3C2CCCC2)cc1. The highest BCUT2D eigenvalue weighted by atomic mass is 16.5. The van der Waals surface area contributed by atoms with E-state index in [0.717, 1.165) is 24.0 Å². The minimum Gasteiger partial charge on any atom is -0.450 e. The van der Waals surface area contributed by atoms with Crippen molar-refractivity contribution in [2.45, 2.75) is 38.6 Å². The van der Waals surface area contributed by atoms with Crippen LogP contribution in [0.15, 0.2) is 42.9 Å². The minimum absolute atomic E-state index is 0.263. The van der Waals surface area contributed by atoms with Gasteiger partial charge in [0.05, 0.1) is 18.5 Å². The van der Waals surface area contributed by atoms with Gasteiger partial charge in [0.25, 0.3) is 5.91 Å². The molecule has 1 aliphatic rings. The van der Waals surface area contributed by atoms with Crippen molar-refractivity contribution in [3.63, 3.8) is 0 Å². The van der Waals surface area contributed by atoms with Gasteiger partial charge in [0, 0.05) is 23.6 Å². The van der Waals surface area contributed by atoms with Crippen LogP contribution >= 0.6 is 0 Å². The van der Waals surface area contributed by atoms with Crippen LogP contribution in [0, 0.1) is 0 Å². The molecule has 1 saturated carbocycles. The Labute approximate surface area is 168 Å². The van der Waals surface area contributed by atoms with Crippen LogP contribution in [0.25, 0.3) is 11.2 Å². The summed E-state index contributed by atoms with van der Waals surface area (Å²) >= 11 is 0. The van der Waals surface area contributed by atoms with E-state index in [2.05, 4.69) is 25.2 Å². The molecule has 2 amide bonds. The predicted octanol–water partition coefficient (Wildman–Crippen LogP) is 4.37. The van der Waals surface area contributed by atoms with Gasteiger partial charge in [-0.25, -0.2) is 14.8 Å². The fourth-order valence-electron chi connectivity index (χ4n) is 3.62. The fourth-order valence-corrected chi connectivity index (χ4v) is 3.62. The van der Waals surface area contributed by atoms with Crippen molar-refractivity contribution in [3.8, 4) is 0 Å². The van der Waals surface area contributed by atoms with Gasteiger partial charge in [-0.3, -0.25) is 10.1 Å². The topological polar surface area (TPSA) is 98.1 Å². The lowest BCUT2D eigenvalue weighted by Crippen LogP contribution is -2.14. The smallest absolute Gasteiger partial charge is 0.411 e. The maximum Gasteiger partial charge on any atom is 0.411 e. The lowest BCUT2D eigenvalue weighted by atomic mass is 10.2. The number of nitrogens with one attached hydrogen (secondary N) is 2. The molecule has 0 radical (unpaired) electrons. The fraction of sp³-hybridized carbons (Fsp3) is 0.333. The number of fused-ring (bicyclic) bond motifs is 1. The Morgan fingerprint density at radius 3 is 2.48 bits per heavy atom. The van der Waals surface area contributed by atoms with Crippen LogP contribution < -0.4 is 10.6 Å². The second-order valence-electron chi connectivity index (χ2n) is 7.03. The van der Waals surface area contributed by atoms with Crippen LogP contribution in [0.5, 0.6) is 0 Å². The molecule has 2 aromatic heterocycles. The summed E-state index contributed by atoms with van der Waals surface area (Å²) in [6.07, 6.45) is 7.66. The van der Waals surface area contributed by atoms with Crippen molar-refractivity contribution in [1.29, 1.82) is 0 Å². The number of hydrogen-bond donors (Lipinski definition) is 2. The van der Waals surface area contributed by atoms with Gasteiger partial charge in [-0.05, 0) is 50.1 Å². The van der Waals surface area contributed by atoms with Crippen molar-refractivity contribution in [3.05, 3.63) is 48.4 Å². The summed E-state index contributed by atoms with van der Waals surface area (Å²) in [7, 11) is 0. The second kappa shape index (κ2) is 8.30. The summed E-state index contributed by atoms with van der Waals surface area (Å²) in [5, 5.41) is 5.44. The summed E-state index contributed by atoms with van der Waals surface area (Å²) in [5.41, 5.74) is 3.19. The van der Waals surface area contributed by atoms with Crippen molar-refractivity contribution in [2.24, 2.45) is 0 Å². The van der Waals surface area contributed by atoms with E-state index in [9.17, 15) is 9.59 Å². The molecule has 1 fully saturated rings. The van der Waals surface area contributed by atoms with Crippen LogP contribution in [-0.2, 0) is 4.74 Å². The van der Waals surface area contributed by atoms with Crippen LogP contribution in [0.4, 0.5) is 16.2 Å². The number of ether oxygens (including phenoxy) is 1. The molecule has 4 rings (SSSR count). The molecule has 150 valence electrons. The van der Waals surface area contributed by atoms with E-state index in [4.69, 9.17) is 4.74 Å². The molecule has 1 aliphatic carbocycles. The van der Waals surface area contributed by atoms with Gasteiger partial charge in [-0.15, -0.1) is 0 Å². The zero-order chi connectivity index (χ0) is 20.2. The van der Waals surface area contributed by atoms with Crippen molar-refractivity contribution in [1.82, 2.24) is 14.5 Å². The molecule has 0 aliphatic heterocycles. The predicted molar refractivity (Wildman–Crippen MR) is 110 cm³/mol. The summed E-state index contributed by atoms with van der Waals surface area (Å²) in [4.78, 5) is 33.0. The molecule has 0 atom stereocenters. The largest absolute Gasteiger partial charge is 0.450 e. The maximum absolute atomic E-state index is 12.6. The Kier molecular flexibility index (Phi) is 5.41. The third-order valence-electron chi connectivity index (χ3n) is 5.06. The van der Waals surface area contributed by atoms with Crippen LogP contribution in [0.2, 0.25) is 0 Å². The summed E-state index contributed by atoms with van der Waals surface area (Å²) in [6, 6.07) is 9.02. The zero-order valence-corrected chi connectivity index (χ0v) is 16.2. The monoisotopic (exact) mass is 393 g/mol. The van der Waals surface area contributed by atoms with Crippen LogP contribution in [0.3, 0.4) is 0 Å². The quantitative estimate of drug-likeness (QED) is 0.671. The highest BCUT2D eigenvalue weighted by Crippen LogP contribution is 2.31. The van der Waals surface area contributed by atoms with Gasteiger partial charge >= 0.3 is 6.09 Å². The van der Waals surface area contributed by atoms with Crippen molar-refractivity contribution >= 4 is 34.5 Å². The first-order valence-corrected chi connectivity index (χ1v) is 9.82. The van der Waals surface area contributed by atoms with Crippen molar-refractivity contribution < 1.29 is 14.3 Å². The van der Waals surface area contributed by atoms with Gasteiger partial charge < -0.3 is 14.6 Å². The number of anilines is 2.